The van der Waals surface area contributed by atoms with Crippen LogP contribution in [0.3, 0.4) is 0 Å². The van der Waals surface area contributed by atoms with Gasteiger partial charge < -0.3 is 4.74 Å². The van der Waals surface area contributed by atoms with E-state index in [0.29, 0.717) is 6.54 Å². The Balaban J connectivity index is 3.83. The Bertz CT molecular complexity index is 210. The first-order chi connectivity index (χ1) is 5.85. The maximum Gasteiger partial charge on any atom is 0.320 e. The van der Waals surface area contributed by atoms with Crippen LogP contribution in [0, 0.1) is 12.3 Å². The summed E-state index contributed by atoms with van der Waals surface area (Å²) in [6.07, 6.45) is 5.09. The Morgan fingerprint density at radius 3 is 2.46 bits per heavy atom. The van der Waals surface area contributed by atoms with E-state index >= 15 is 0 Å². The molecule has 0 aromatic heterocycles. The van der Waals surface area contributed by atoms with Crippen LogP contribution in [-0.2, 0) is 9.53 Å². The molecule has 0 saturated carbocycles. The molecule has 0 atom stereocenters. The first-order valence-electron chi connectivity index (χ1n) is 4.19. The Hall–Kier alpha value is -1.01. The summed E-state index contributed by atoms with van der Waals surface area (Å²) < 4.78 is 5.11. The maximum atomic E-state index is 11.2. The highest BCUT2D eigenvalue weighted by Crippen LogP contribution is 2.06. The van der Waals surface area contributed by atoms with Gasteiger partial charge in [0.15, 0.2) is 0 Å². The first-order valence-corrected chi connectivity index (χ1v) is 4.19. The van der Waals surface area contributed by atoms with Gasteiger partial charge in [-0.25, -0.2) is 0 Å². The van der Waals surface area contributed by atoms with E-state index in [1.54, 1.807) is 11.9 Å². The molecule has 74 valence electrons. The molecule has 0 heterocycles. The molecule has 0 spiro atoms. The summed E-state index contributed by atoms with van der Waals surface area (Å²) >= 11 is 0. The van der Waals surface area contributed by atoms with Gasteiger partial charge in [0.05, 0.1) is 13.1 Å². The van der Waals surface area contributed by atoms with E-state index in [1.165, 1.54) is 0 Å². The summed E-state index contributed by atoms with van der Waals surface area (Å²) in [4.78, 5) is 12.9. The minimum absolute atomic E-state index is 0.238. The van der Waals surface area contributed by atoms with Crippen LogP contribution < -0.4 is 0 Å². The van der Waals surface area contributed by atoms with Crippen LogP contribution in [0.1, 0.15) is 20.8 Å². The highest BCUT2D eigenvalue weighted by Gasteiger charge is 2.16. The quantitative estimate of drug-likeness (QED) is 0.481. The third-order valence-electron chi connectivity index (χ3n) is 1.18. The van der Waals surface area contributed by atoms with Crippen molar-refractivity contribution >= 4 is 5.97 Å². The number of carbonyl (C=O) groups excluding carboxylic acids is 1. The van der Waals surface area contributed by atoms with Crippen LogP contribution in [-0.4, -0.2) is 36.6 Å². The van der Waals surface area contributed by atoms with Gasteiger partial charge in [-0.1, -0.05) is 5.92 Å². The fourth-order valence-electron chi connectivity index (χ4n) is 0.806. The smallest absolute Gasteiger partial charge is 0.320 e. The van der Waals surface area contributed by atoms with Crippen LogP contribution in [0.25, 0.3) is 0 Å². The highest BCUT2D eigenvalue weighted by molar-refractivity contribution is 5.72. The number of hydrogen-bond donors (Lipinski definition) is 0. The monoisotopic (exact) mass is 183 g/mol. The Morgan fingerprint density at radius 1 is 1.54 bits per heavy atom. The van der Waals surface area contributed by atoms with E-state index in [1.807, 2.05) is 20.8 Å². The minimum Gasteiger partial charge on any atom is -0.459 e. The average Bonchev–Trinajstić information content (AvgIpc) is 1.81. The van der Waals surface area contributed by atoms with Gasteiger partial charge >= 0.3 is 5.97 Å². The van der Waals surface area contributed by atoms with Crippen molar-refractivity contribution in [2.75, 3.05) is 20.1 Å². The second kappa shape index (κ2) is 4.88. The Kier molecular flexibility index (Phi) is 4.50. The molecule has 13 heavy (non-hydrogen) atoms. The van der Waals surface area contributed by atoms with E-state index in [4.69, 9.17) is 11.2 Å². The predicted octanol–water partition coefficient (Wildman–Crippen LogP) is 0.893. The number of carbonyl (C=O) groups is 1. The average molecular weight is 183 g/mol. The van der Waals surface area contributed by atoms with Gasteiger partial charge in [-0.2, -0.15) is 0 Å². The summed E-state index contributed by atoms with van der Waals surface area (Å²) in [5, 5.41) is 0. The highest BCUT2D eigenvalue weighted by atomic mass is 16.6. The maximum absolute atomic E-state index is 11.2. The molecule has 0 aliphatic heterocycles. The predicted molar refractivity (Wildman–Crippen MR) is 52.2 cm³/mol. The third-order valence-corrected chi connectivity index (χ3v) is 1.18. The lowest BCUT2D eigenvalue weighted by atomic mass is 10.2. The van der Waals surface area contributed by atoms with Crippen molar-refractivity contribution < 1.29 is 9.53 Å². The van der Waals surface area contributed by atoms with Gasteiger partial charge in [0.2, 0.25) is 0 Å². The van der Waals surface area contributed by atoms with E-state index in [0.717, 1.165) is 0 Å². The fraction of sp³-hybridized carbons (Fsp3) is 0.700. The molecule has 0 amide bonds. The van der Waals surface area contributed by atoms with Crippen molar-refractivity contribution in [3.63, 3.8) is 0 Å². The van der Waals surface area contributed by atoms with Gasteiger partial charge in [-0.3, -0.25) is 9.69 Å². The second-order valence-corrected chi connectivity index (χ2v) is 3.96. The van der Waals surface area contributed by atoms with E-state index in [2.05, 4.69) is 5.92 Å². The van der Waals surface area contributed by atoms with Gasteiger partial charge in [-0.05, 0) is 27.8 Å². The van der Waals surface area contributed by atoms with Gasteiger partial charge in [0.25, 0.3) is 0 Å². The zero-order valence-corrected chi connectivity index (χ0v) is 8.76. The number of likely N-dealkylation sites (N-methyl/N-ethyl adjacent to an activating group) is 1. The molecule has 0 fully saturated rings. The fourth-order valence-corrected chi connectivity index (χ4v) is 0.806. The molecule has 0 unspecified atom stereocenters. The van der Waals surface area contributed by atoms with Crippen LogP contribution >= 0.6 is 0 Å². The molecule has 0 bridgehead atoms. The molecule has 0 aromatic rings. The van der Waals surface area contributed by atoms with Crippen LogP contribution in [0.5, 0.6) is 0 Å². The molecule has 3 nitrogen and oxygen atoms in total. The van der Waals surface area contributed by atoms with Gasteiger partial charge in [0.1, 0.15) is 5.60 Å². The van der Waals surface area contributed by atoms with E-state index in [9.17, 15) is 4.79 Å². The summed E-state index contributed by atoms with van der Waals surface area (Å²) in [6.45, 7) is 6.21. The van der Waals surface area contributed by atoms with Crippen molar-refractivity contribution in [1.82, 2.24) is 4.90 Å². The van der Waals surface area contributed by atoms with Gasteiger partial charge in [-0.15, -0.1) is 6.42 Å². The SMILES string of the molecule is C#CCN(C)CC(=O)OC(C)(C)C. The number of nitrogens with zero attached hydrogens (tertiary/aromatic N) is 1. The normalized spacial score (nSPS) is 11.1. The van der Waals surface area contributed by atoms with Crippen molar-refractivity contribution in [2.45, 2.75) is 26.4 Å². The summed E-state index contributed by atoms with van der Waals surface area (Å²) in [7, 11) is 1.78. The van der Waals surface area contributed by atoms with E-state index in [-0.39, 0.29) is 12.5 Å². The zero-order valence-electron chi connectivity index (χ0n) is 8.76. The molecule has 0 aromatic carbocycles. The number of terminal acetylenes is 1. The molecule has 3 heteroatoms. The third kappa shape index (κ3) is 7.35. The summed E-state index contributed by atoms with van der Waals surface area (Å²) in [6, 6.07) is 0. The number of esters is 1. The van der Waals surface area contributed by atoms with E-state index < -0.39 is 5.60 Å². The standard InChI is InChI=1S/C10H17NO2/c1-6-7-11(5)8-9(12)13-10(2,3)4/h1H,7-8H2,2-5H3. The Labute approximate surface area is 80.1 Å². The largest absolute Gasteiger partial charge is 0.459 e. The lowest BCUT2D eigenvalue weighted by Crippen LogP contribution is -2.32. The van der Waals surface area contributed by atoms with Crippen molar-refractivity contribution in [2.24, 2.45) is 0 Å². The van der Waals surface area contributed by atoms with Crippen molar-refractivity contribution in [1.29, 1.82) is 0 Å². The van der Waals surface area contributed by atoms with Crippen molar-refractivity contribution in [3.05, 3.63) is 0 Å². The molecular formula is C10H17NO2. The lowest BCUT2D eigenvalue weighted by molar-refractivity contribution is -0.155. The van der Waals surface area contributed by atoms with Crippen LogP contribution in [0.15, 0.2) is 0 Å². The summed E-state index contributed by atoms with van der Waals surface area (Å²) in [5.41, 5.74) is -0.423. The molecule has 0 rings (SSSR count). The molecule has 0 aliphatic rings. The lowest BCUT2D eigenvalue weighted by Gasteiger charge is -2.21. The Morgan fingerprint density at radius 2 is 2.08 bits per heavy atom. The number of ether oxygens (including phenoxy) is 1. The second-order valence-electron chi connectivity index (χ2n) is 3.96. The topological polar surface area (TPSA) is 29.5 Å². The minimum atomic E-state index is -0.423. The molecule has 0 radical (unpaired) electrons. The molecule has 0 N–H and O–H groups in total. The summed E-state index contributed by atoms with van der Waals surface area (Å²) in [5.74, 6) is 2.21. The molecule has 0 saturated heterocycles. The molecule has 0 aliphatic carbocycles. The van der Waals surface area contributed by atoms with Gasteiger partial charge in [0, 0.05) is 0 Å². The number of rotatable bonds is 3. The van der Waals surface area contributed by atoms with Crippen LogP contribution in [0.4, 0.5) is 0 Å². The molecular weight excluding hydrogens is 166 g/mol. The van der Waals surface area contributed by atoms with Crippen LogP contribution in [0.2, 0.25) is 0 Å². The number of hydrogen-bond acceptors (Lipinski definition) is 3. The zero-order chi connectivity index (χ0) is 10.5. The van der Waals surface area contributed by atoms with Crippen molar-refractivity contribution in [3.8, 4) is 12.3 Å². The first kappa shape index (κ1) is 12.0.